The molecule has 0 fully saturated rings. The average molecular weight is 327 g/mol. The summed E-state index contributed by atoms with van der Waals surface area (Å²) in [6.07, 6.45) is 8.10. The molecule has 0 radical (unpaired) electrons. The Bertz CT molecular complexity index is 510. The van der Waals surface area contributed by atoms with Crippen LogP contribution in [0.5, 0.6) is 0 Å². The second kappa shape index (κ2) is 10.1. The number of quaternary nitrogens is 2. The van der Waals surface area contributed by atoms with Gasteiger partial charge in [0.25, 0.3) is 0 Å². The third-order valence-electron chi connectivity index (χ3n) is 4.65. The van der Waals surface area contributed by atoms with Gasteiger partial charge in [0.2, 0.25) is 0 Å². The van der Waals surface area contributed by atoms with E-state index in [1.54, 1.807) is 0 Å². The zero-order valence-corrected chi connectivity index (χ0v) is 15.4. The highest BCUT2D eigenvalue weighted by molar-refractivity contribution is 5.13. The minimum absolute atomic E-state index is 0.941. The fourth-order valence-corrected chi connectivity index (χ4v) is 3.32. The molecule has 0 aromatic heterocycles. The van der Waals surface area contributed by atoms with E-state index in [1.165, 1.54) is 5.56 Å². The molecule has 0 aliphatic heterocycles. The van der Waals surface area contributed by atoms with Crippen LogP contribution >= 0.6 is 0 Å². The molecule has 0 N–H and O–H groups in total. The largest absolute Gasteiger partial charge is 0.315 e. The first-order chi connectivity index (χ1) is 11.5. The van der Waals surface area contributed by atoms with Crippen molar-refractivity contribution in [1.29, 1.82) is 0 Å². The second-order valence-electron chi connectivity index (χ2n) is 6.94. The first-order valence-electron chi connectivity index (χ1n) is 8.69. The zero-order valence-electron chi connectivity index (χ0n) is 15.4. The van der Waals surface area contributed by atoms with Gasteiger partial charge in [0, 0.05) is 5.56 Å². The summed E-state index contributed by atoms with van der Waals surface area (Å²) in [4.78, 5) is 0. The molecule has 0 atom stereocenters. The van der Waals surface area contributed by atoms with Crippen LogP contribution in [0.1, 0.15) is 5.56 Å². The summed E-state index contributed by atoms with van der Waals surface area (Å²) in [5.74, 6) is 0. The van der Waals surface area contributed by atoms with Gasteiger partial charge in [-0.1, -0.05) is 56.6 Å². The number of likely N-dealkylation sites (N-methyl/N-ethyl adjacent to an activating group) is 1. The highest BCUT2D eigenvalue weighted by atomic mass is 15.4. The van der Waals surface area contributed by atoms with Gasteiger partial charge in [-0.05, 0) is 24.3 Å². The van der Waals surface area contributed by atoms with E-state index in [9.17, 15) is 0 Å². The van der Waals surface area contributed by atoms with E-state index in [2.05, 4.69) is 63.7 Å². The summed E-state index contributed by atoms with van der Waals surface area (Å²) in [5, 5.41) is 0. The maximum atomic E-state index is 4.00. The Morgan fingerprint density at radius 2 is 1.25 bits per heavy atom. The lowest BCUT2D eigenvalue weighted by molar-refractivity contribution is -0.970. The van der Waals surface area contributed by atoms with Crippen LogP contribution in [0, 0.1) is 0 Å². The quantitative estimate of drug-likeness (QED) is 0.376. The van der Waals surface area contributed by atoms with Crippen molar-refractivity contribution in [2.24, 2.45) is 0 Å². The van der Waals surface area contributed by atoms with Gasteiger partial charge >= 0.3 is 0 Å². The molecule has 0 heterocycles. The van der Waals surface area contributed by atoms with Crippen LogP contribution in [-0.4, -0.2) is 55.3 Å². The van der Waals surface area contributed by atoms with Crippen molar-refractivity contribution in [3.05, 3.63) is 86.5 Å². The Morgan fingerprint density at radius 3 is 1.71 bits per heavy atom. The van der Waals surface area contributed by atoms with Crippen molar-refractivity contribution in [2.45, 2.75) is 6.54 Å². The molecule has 2 nitrogen and oxygen atoms in total. The van der Waals surface area contributed by atoms with E-state index < -0.39 is 0 Å². The van der Waals surface area contributed by atoms with E-state index in [0.717, 1.165) is 54.8 Å². The average Bonchev–Trinajstić information content (AvgIpc) is 2.55. The van der Waals surface area contributed by atoms with Crippen LogP contribution in [0.3, 0.4) is 0 Å². The van der Waals surface area contributed by atoms with Gasteiger partial charge in [0.15, 0.2) is 0 Å². The Labute approximate surface area is 148 Å². The number of benzene rings is 1. The van der Waals surface area contributed by atoms with E-state index in [4.69, 9.17) is 0 Å². The van der Waals surface area contributed by atoms with Crippen LogP contribution in [0.15, 0.2) is 81.0 Å². The maximum absolute atomic E-state index is 4.00. The molecule has 0 aliphatic rings. The molecular weight excluding hydrogens is 292 g/mol. The summed E-state index contributed by atoms with van der Waals surface area (Å²) in [6.45, 7) is 22.8. The molecule has 1 aromatic rings. The predicted molar refractivity (Wildman–Crippen MR) is 107 cm³/mol. The van der Waals surface area contributed by atoms with Crippen molar-refractivity contribution in [3.8, 4) is 0 Å². The Balaban J connectivity index is 2.98. The molecule has 1 rings (SSSR count). The minimum Gasteiger partial charge on any atom is -0.315 e. The monoisotopic (exact) mass is 326 g/mol. The normalized spacial score (nSPS) is 11.7. The highest BCUT2D eigenvalue weighted by Crippen LogP contribution is 2.17. The standard InChI is InChI=1S/C22H34N2/c1-6-15-23(5,16-7-2)19-20-24(17-8-3,18-9-4)21-22-13-11-10-12-14-22/h6-14H,1-4,15-21H2,5H3/q+2. The lowest BCUT2D eigenvalue weighted by Crippen LogP contribution is -2.56. The lowest BCUT2D eigenvalue weighted by Gasteiger charge is -2.41. The van der Waals surface area contributed by atoms with Gasteiger partial charge in [-0.15, -0.1) is 0 Å². The van der Waals surface area contributed by atoms with Crippen LogP contribution in [-0.2, 0) is 6.54 Å². The van der Waals surface area contributed by atoms with E-state index in [1.807, 2.05) is 24.3 Å². The molecule has 2 heteroatoms. The SMILES string of the molecule is C=CC[N+](C)(CC=C)CC[N+](CC=C)(CC=C)Cc1ccccc1. The molecule has 1 aromatic carbocycles. The summed E-state index contributed by atoms with van der Waals surface area (Å²) in [7, 11) is 2.28. The molecule has 0 spiro atoms. The summed E-state index contributed by atoms with van der Waals surface area (Å²) in [6, 6.07) is 10.7. The Kier molecular flexibility index (Phi) is 8.45. The van der Waals surface area contributed by atoms with Gasteiger partial charge in [-0.25, -0.2) is 0 Å². The van der Waals surface area contributed by atoms with E-state index in [-0.39, 0.29) is 0 Å². The number of hydrogen-bond donors (Lipinski definition) is 0. The molecule has 0 aliphatic carbocycles. The summed E-state index contributed by atoms with van der Waals surface area (Å²) < 4.78 is 1.90. The second-order valence-corrected chi connectivity index (χ2v) is 6.94. The predicted octanol–water partition coefficient (Wildman–Crippen LogP) is 4.19. The fraction of sp³-hybridized carbons (Fsp3) is 0.364. The van der Waals surface area contributed by atoms with Crippen LogP contribution in [0.25, 0.3) is 0 Å². The van der Waals surface area contributed by atoms with E-state index >= 15 is 0 Å². The molecule has 0 amide bonds. The molecule has 0 saturated heterocycles. The zero-order chi connectivity index (χ0) is 17.9. The van der Waals surface area contributed by atoms with Crippen molar-refractivity contribution in [3.63, 3.8) is 0 Å². The molecule has 0 unspecified atom stereocenters. The fourth-order valence-electron chi connectivity index (χ4n) is 3.32. The number of rotatable bonds is 13. The van der Waals surface area contributed by atoms with Crippen LogP contribution in [0.4, 0.5) is 0 Å². The van der Waals surface area contributed by atoms with Crippen LogP contribution in [0.2, 0.25) is 0 Å². The van der Waals surface area contributed by atoms with Crippen molar-refractivity contribution >= 4 is 0 Å². The summed E-state index contributed by atoms with van der Waals surface area (Å²) >= 11 is 0. The summed E-state index contributed by atoms with van der Waals surface area (Å²) in [5.41, 5.74) is 1.36. The van der Waals surface area contributed by atoms with Crippen LogP contribution < -0.4 is 0 Å². The first kappa shape index (κ1) is 20.1. The smallest absolute Gasteiger partial charge is 0.129 e. The van der Waals surface area contributed by atoms with Gasteiger partial charge in [-0.3, -0.25) is 0 Å². The van der Waals surface area contributed by atoms with Gasteiger partial charge in [-0.2, -0.15) is 0 Å². The molecule has 130 valence electrons. The Morgan fingerprint density at radius 1 is 0.750 bits per heavy atom. The third-order valence-corrected chi connectivity index (χ3v) is 4.65. The molecule has 0 bridgehead atoms. The number of hydrogen-bond acceptors (Lipinski definition) is 0. The van der Waals surface area contributed by atoms with Crippen molar-refractivity contribution in [1.82, 2.24) is 0 Å². The third kappa shape index (κ3) is 6.31. The minimum atomic E-state index is 0.941. The number of nitrogens with zero attached hydrogens (tertiary/aromatic N) is 2. The van der Waals surface area contributed by atoms with Crippen molar-refractivity contribution in [2.75, 3.05) is 46.3 Å². The molecule has 0 saturated carbocycles. The molecular formula is C22H34N2+2. The van der Waals surface area contributed by atoms with Gasteiger partial charge in [0.05, 0.1) is 33.2 Å². The van der Waals surface area contributed by atoms with Gasteiger partial charge < -0.3 is 8.97 Å². The van der Waals surface area contributed by atoms with E-state index in [0.29, 0.717) is 0 Å². The highest BCUT2D eigenvalue weighted by Gasteiger charge is 2.30. The lowest BCUT2D eigenvalue weighted by atomic mass is 10.1. The van der Waals surface area contributed by atoms with Gasteiger partial charge in [0.1, 0.15) is 19.6 Å². The Hall–Kier alpha value is -1.90. The molecule has 24 heavy (non-hydrogen) atoms. The van der Waals surface area contributed by atoms with Crippen molar-refractivity contribution < 1.29 is 8.97 Å². The maximum Gasteiger partial charge on any atom is 0.129 e. The first-order valence-corrected chi connectivity index (χ1v) is 8.69. The topological polar surface area (TPSA) is 0 Å².